The maximum atomic E-state index is 12.0. The van der Waals surface area contributed by atoms with Gasteiger partial charge in [0.25, 0.3) is 5.91 Å². The van der Waals surface area contributed by atoms with Gasteiger partial charge in [0.2, 0.25) is 5.91 Å². The molecule has 1 aromatic rings. The molecule has 0 heterocycles. The van der Waals surface area contributed by atoms with Crippen molar-refractivity contribution in [3.05, 3.63) is 28.8 Å². The SMILES string of the molecule is CCCNC(=O)c1ccc(NC(=O)C(N)C(C)CC)cc1Cl.Cl. The van der Waals surface area contributed by atoms with E-state index in [0.717, 1.165) is 12.8 Å². The van der Waals surface area contributed by atoms with E-state index in [4.69, 9.17) is 17.3 Å². The zero-order valence-electron chi connectivity index (χ0n) is 13.7. The van der Waals surface area contributed by atoms with Gasteiger partial charge in [-0.1, -0.05) is 38.8 Å². The molecule has 23 heavy (non-hydrogen) atoms. The Balaban J connectivity index is 0.00000484. The third-order valence-corrected chi connectivity index (χ3v) is 3.89. The van der Waals surface area contributed by atoms with Gasteiger partial charge in [0.1, 0.15) is 0 Å². The zero-order chi connectivity index (χ0) is 16.7. The van der Waals surface area contributed by atoms with Gasteiger partial charge < -0.3 is 16.4 Å². The highest BCUT2D eigenvalue weighted by atomic mass is 35.5. The van der Waals surface area contributed by atoms with Crippen LogP contribution in [0.5, 0.6) is 0 Å². The standard InChI is InChI=1S/C16H24ClN3O2.ClH/c1-4-8-19-15(21)12-7-6-11(9-13(12)17)20-16(22)14(18)10(3)5-2;/h6-7,9-10,14H,4-5,8,18H2,1-3H3,(H,19,21)(H,20,22);1H. The van der Waals surface area contributed by atoms with Crippen LogP contribution in [0, 0.1) is 5.92 Å². The minimum Gasteiger partial charge on any atom is -0.352 e. The lowest BCUT2D eigenvalue weighted by molar-refractivity contribution is -0.118. The summed E-state index contributed by atoms with van der Waals surface area (Å²) < 4.78 is 0. The molecule has 0 aromatic heterocycles. The van der Waals surface area contributed by atoms with Crippen molar-refractivity contribution >= 4 is 41.5 Å². The third kappa shape index (κ3) is 6.37. The predicted molar refractivity (Wildman–Crippen MR) is 97.4 cm³/mol. The van der Waals surface area contributed by atoms with Gasteiger partial charge in [0.05, 0.1) is 16.6 Å². The average Bonchev–Trinajstić information content (AvgIpc) is 2.51. The molecule has 130 valence electrons. The van der Waals surface area contributed by atoms with Gasteiger partial charge in [-0.05, 0) is 30.5 Å². The predicted octanol–water partition coefficient (Wildman–Crippen LogP) is 3.21. The number of nitrogens with two attached hydrogens (primary N) is 1. The summed E-state index contributed by atoms with van der Waals surface area (Å²) in [5, 5.41) is 5.78. The lowest BCUT2D eigenvalue weighted by atomic mass is 9.99. The molecule has 4 N–H and O–H groups in total. The Bertz CT molecular complexity index is 538. The molecule has 2 unspecified atom stereocenters. The first-order valence-electron chi connectivity index (χ1n) is 7.54. The number of hydrogen-bond acceptors (Lipinski definition) is 3. The monoisotopic (exact) mass is 361 g/mol. The van der Waals surface area contributed by atoms with Crippen molar-refractivity contribution < 1.29 is 9.59 Å². The molecule has 0 aliphatic rings. The topological polar surface area (TPSA) is 84.2 Å². The largest absolute Gasteiger partial charge is 0.352 e. The van der Waals surface area contributed by atoms with E-state index >= 15 is 0 Å². The van der Waals surface area contributed by atoms with Gasteiger partial charge in [-0.15, -0.1) is 12.4 Å². The van der Waals surface area contributed by atoms with Crippen LogP contribution in [-0.4, -0.2) is 24.4 Å². The molecule has 0 saturated heterocycles. The Kier molecular flexibility index (Phi) is 9.88. The number of anilines is 1. The van der Waals surface area contributed by atoms with E-state index in [0.29, 0.717) is 22.8 Å². The average molecular weight is 362 g/mol. The van der Waals surface area contributed by atoms with E-state index in [-0.39, 0.29) is 30.1 Å². The number of benzene rings is 1. The van der Waals surface area contributed by atoms with E-state index in [1.807, 2.05) is 20.8 Å². The first-order valence-corrected chi connectivity index (χ1v) is 7.92. The number of hydrogen-bond donors (Lipinski definition) is 3. The molecule has 0 aliphatic carbocycles. The highest BCUT2D eigenvalue weighted by Crippen LogP contribution is 2.21. The van der Waals surface area contributed by atoms with Crippen molar-refractivity contribution in [1.82, 2.24) is 5.32 Å². The second kappa shape index (κ2) is 10.5. The number of nitrogens with one attached hydrogen (secondary N) is 2. The van der Waals surface area contributed by atoms with E-state index in [1.54, 1.807) is 18.2 Å². The summed E-state index contributed by atoms with van der Waals surface area (Å²) >= 11 is 6.11. The van der Waals surface area contributed by atoms with Gasteiger partial charge in [-0.25, -0.2) is 0 Å². The molecular formula is C16H25Cl2N3O2. The molecule has 2 amide bonds. The molecule has 5 nitrogen and oxygen atoms in total. The maximum Gasteiger partial charge on any atom is 0.252 e. The van der Waals surface area contributed by atoms with Gasteiger partial charge >= 0.3 is 0 Å². The summed E-state index contributed by atoms with van der Waals surface area (Å²) in [6.45, 7) is 6.48. The fourth-order valence-electron chi connectivity index (χ4n) is 1.85. The minimum absolute atomic E-state index is 0. The molecule has 0 spiro atoms. The highest BCUT2D eigenvalue weighted by Gasteiger charge is 2.20. The molecular weight excluding hydrogens is 337 g/mol. The maximum absolute atomic E-state index is 12.0. The van der Waals surface area contributed by atoms with Crippen molar-refractivity contribution in [2.24, 2.45) is 11.7 Å². The van der Waals surface area contributed by atoms with E-state index in [9.17, 15) is 9.59 Å². The van der Waals surface area contributed by atoms with E-state index in [1.165, 1.54) is 0 Å². The fraction of sp³-hybridized carbons (Fsp3) is 0.500. The van der Waals surface area contributed by atoms with E-state index < -0.39 is 6.04 Å². The lowest BCUT2D eigenvalue weighted by Crippen LogP contribution is -2.40. The molecule has 0 bridgehead atoms. The van der Waals surface area contributed by atoms with Gasteiger partial charge in [0.15, 0.2) is 0 Å². The Labute approximate surface area is 148 Å². The third-order valence-electron chi connectivity index (χ3n) is 3.58. The van der Waals surface area contributed by atoms with Crippen molar-refractivity contribution in [1.29, 1.82) is 0 Å². The van der Waals surface area contributed by atoms with Crippen LogP contribution in [0.1, 0.15) is 44.0 Å². The summed E-state index contributed by atoms with van der Waals surface area (Å²) in [5.74, 6) is -0.385. The first-order chi connectivity index (χ1) is 10.4. The summed E-state index contributed by atoms with van der Waals surface area (Å²) in [7, 11) is 0. The number of carbonyl (C=O) groups is 2. The van der Waals surface area contributed by atoms with Crippen LogP contribution in [0.4, 0.5) is 5.69 Å². The highest BCUT2D eigenvalue weighted by molar-refractivity contribution is 6.34. The molecule has 7 heteroatoms. The van der Waals surface area contributed by atoms with Crippen LogP contribution in [-0.2, 0) is 4.79 Å². The molecule has 0 saturated carbocycles. The second-order valence-corrected chi connectivity index (χ2v) is 5.76. The summed E-state index contributed by atoms with van der Waals surface area (Å²) in [5.41, 5.74) is 6.80. The van der Waals surface area contributed by atoms with Gasteiger partial charge in [0, 0.05) is 12.2 Å². The normalized spacial score (nSPS) is 12.7. The number of carbonyl (C=O) groups excluding carboxylic acids is 2. The Morgan fingerprint density at radius 3 is 2.48 bits per heavy atom. The summed E-state index contributed by atoms with van der Waals surface area (Å²) in [6, 6.07) is 4.23. The smallest absolute Gasteiger partial charge is 0.252 e. The van der Waals surface area contributed by atoms with Crippen molar-refractivity contribution in [2.75, 3.05) is 11.9 Å². The molecule has 1 aromatic carbocycles. The minimum atomic E-state index is -0.573. The van der Waals surface area contributed by atoms with Crippen molar-refractivity contribution in [3.8, 4) is 0 Å². The Morgan fingerprint density at radius 2 is 1.96 bits per heavy atom. The first kappa shape index (κ1) is 21.7. The van der Waals surface area contributed by atoms with Crippen LogP contribution < -0.4 is 16.4 Å². The number of rotatable bonds is 7. The van der Waals surface area contributed by atoms with Crippen LogP contribution in [0.2, 0.25) is 5.02 Å². The Morgan fingerprint density at radius 1 is 1.30 bits per heavy atom. The summed E-state index contributed by atoms with van der Waals surface area (Å²) in [4.78, 5) is 23.9. The van der Waals surface area contributed by atoms with Crippen LogP contribution in [0.25, 0.3) is 0 Å². The lowest BCUT2D eigenvalue weighted by Gasteiger charge is -2.18. The van der Waals surface area contributed by atoms with Gasteiger partial charge in [-0.3, -0.25) is 9.59 Å². The molecule has 0 radical (unpaired) electrons. The van der Waals surface area contributed by atoms with Crippen LogP contribution >= 0.6 is 24.0 Å². The Hall–Kier alpha value is -1.30. The van der Waals surface area contributed by atoms with Crippen molar-refractivity contribution in [2.45, 2.75) is 39.7 Å². The fourth-order valence-corrected chi connectivity index (χ4v) is 2.12. The second-order valence-electron chi connectivity index (χ2n) is 5.35. The van der Waals surface area contributed by atoms with E-state index in [2.05, 4.69) is 10.6 Å². The van der Waals surface area contributed by atoms with Crippen LogP contribution in [0.3, 0.4) is 0 Å². The van der Waals surface area contributed by atoms with Crippen LogP contribution in [0.15, 0.2) is 18.2 Å². The number of halogens is 2. The molecule has 2 atom stereocenters. The van der Waals surface area contributed by atoms with Gasteiger partial charge in [-0.2, -0.15) is 0 Å². The molecule has 0 fully saturated rings. The van der Waals surface area contributed by atoms with Crippen molar-refractivity contribution in [3.63, 3.8) is 0 Å². The molecule has 0 aliphatic heterocycles. The zero-order valence-corrected chi connectivity index (χ0v) is 15.3. The number of amides is 2. The molecule has 1 rings (SSSR count). The quantitative estimate of drug-likeness (QED) is 0.696. The summed E-state index contributed by atoms with van der Waals surface area (Å²) in [6.07, 6.45) is 1.68.